The van der Waals surface area contributed by atoms with Gasteiger partial charge in [0.05, 0.1) is 16.9 Å². The number of aliphatic carboxylic acids is 1. The van der Waals surface area contributed by atoms with E-state index >= 15 is 0 Å². The van der Waals surface area contributed by atoms with Crippen molar-refractivity contribution in [2.24, 2.45) is 62.1 Å². The van der Waals surface area contributed by atoms with Crippen LogP contribution in [0.5, 0.6) is 0 Å². The normalized spacial score (nSPS) is 43.6. The smallest absolute Gasteiger partial charge is 0.408 e. The maximum absolute atomic E-state index is 13.9. The van der Waals surface area contributed by atoms with Gasteiger partial charge >= 0.3 is 18.0 Å². The maximum Gasteiger partial charge on any atom is 0.408 e. The Morgan fingerprint density at radius 3 is 2.04 bits per heavy atom. The van der Waals surface area contributed by atoms with Crippen LogP contribution in [-0.2, 0) is 23.9 Å². The first-order valence-electron chi connectivity index (χ1n) is 20.4. The molecule has 0 aromatic carbocycles. The molecule has 2 N–H and O–H groups in total. The summed E-state index contributed by atoms with van der Waals surface area (Å²) in [6.45, 7) is 27.7. The number of ether oxygens (including phenoxy) is 2. The molecular formula is C44H69NO7. The maximum atomic E-state index is 13.9. The van der Waals surface area contributed by atoms with E-state index in [1.807, 2.05) is 34.6 Å². The summed E-state index contributed by atoms with van der Waals surface area (Å²) in [5.74, 6) is -0.177. The fourth-order valence-corrected chi connectivity index (χ4v) is 14.0. The van der Waals surface area contributed by atoms with E-state index in [1.165, 1.54) is 5.57 Å². The summed E-state index contributed by atoms with van der Waals surface area (Å²) in [5.41, 5.74) is -1.01. The molecule has 0 radical (unpaired) electrons. The molecule has 0 unspecified atom stereocenters. The van der Waals surface area contributed by atoms with Crippen LogP contribution >= 0.6 is 0 Å². The Kier molecular flexibility index (Phi) is 9.12. The molecule has 6 aliphatic carbocycles. The number of ketones is 1. The molecule has 1 amide bonds. The van der Waals surface area contributed by atoms with Gasteiger partial charge in [0.1, 0.15) is 11.7 Å². The quantitative estimate of drug-likeness (QED) is 0.271. The number of hydrogen-bond acceptors (Lipinski definition) is 6. The number of fused-ring (bicyclic) bond motifs is 7. The second-order valence-corrected chi connectivity index (χ2v) is 21.6. The Bertz CT molecular complexity index is 1570. The van der Waals surface area contributed by atoms with Crippen molar-refractivity contribution in [1.82, 2.24) is 5.32 Å². The van der Waals surface area contributed by atoms with E-state index in [-0.39, 0.29) is 51.4 Å². The minimum absolute atomic E-state index is 0.0364. The molecule has 8 heteroatoms. The second-order valence-electron chi connectivity index (χ2n) is 21.6. The molecule has 0 aromatic heterocycles. The van der Waals surface area contributed by atoms with Crippen molar-refractivity contribution in [3.8, 4) is 0 Å². The number of hydrogen-bond donors (Lipinski definition) is 2. The molecule has 6 rings (SSSR count). The van der Waals surface area contributed by atoms with E-state index < -0.39 is 40.0 Å². The average Bonchev–Trinajstić information content (AvgIpc) is 3.42. The Hall–Kier alpha value is -2.38. The molecule has 52 heavy (non-hydrogen) atoms. The van der Waals surface area contributed by atoms with Gasteiger partial charge in [-0.3, -0.25) is 14.4 Å². The van der Waals surface area contributed by atoms with Crippen LogP contribution in [0.15, 0.2) is 11.1 Å². The lowest BCUT2D eigenvalue weighted by Gasteiger charge is -2.72. The highest BCUT2D eigenvalue weighted by molar-refractivity contribution is 6.02. The third-order valence-corrected chi connectivity index (χ3v) is 17.4. The predicted molar refractivity (Wildman–Crippen MR) is 201 cm³/mol. The standard InChI is InChI=1S/C44H69NO7/c1-25(2)32-28(46)24-44(45-36(50)52-37(3,4)5)23-22-41(11)26(33(32)44)14-15-30-40(10)19-18-31(38(6,7)29(40)17-21-42(30,41)12)51-34(47)27-16-20-43(13,35(48)49)39(27,8)9/h25-27,29-31H,14-24H2,1-13H3,(H,45,50)(H,48,49)/t26-,27-,29+,30-,31+,40+,41-,42-,43+,44-/m1/s1. The van der Waals surface area contributed by atoms with Crippen molar-refractivity contribution in [2.75, 3.05) is 0 Å². The van der Waals surface area contributed by atoms with Crippen molar-refractivity contribution >= 4 is 23.8 Å². The van der Waals surface area contributed by atoms with Gasteiger partial charge in [-0.15, -0.1) is 0 Å². The monoisotopic (exact) mass is 724 g/mol. The number of carboxylic acid groups (broad SMARTS) is 1. The highest BCUT2D eigenvalue weighted by Crippen LogP contribution is 2.76. The summed E-state index contributed by atoms with van der Waals surface area (Å²) in [5, 5.41) is 13.4. The van der Waals surface area contributed by atoms with Gasteiger partial charge in [0.15, 0.2) is 5.78 Å². The molecular weight excluding hydrogens is 654 g/mol. The summed E-state index contributed by atoms with van der Waals surface area (Å²) in [7, 11) is 0. The molecule has 0 spiro atoms. The van der Waals surface area contributed by atoms with Crippen molar-refractivity contribution in [2.45, 2.75) is 178 Å². The number of carbonyl (C=O) groups excluding carboxylic acids is 3. The summed E-state index contributed by atoms with van der Waals surface area (Å²) in [6.07, 6.45) is 8.36. The van der Waals surface area contributed by atoms with Gasteiger partial charge in [-0.1, -0.05) is 62.3 Å². The first-order chi connectivity index (χ1) is 23.7. The number of amides is 1. The van der Waals surface area contributed by atoms with Crippen LogP contribution in [0.2, 0.25) is 0 Å². The van der Waals surface area contributed by atoms with Gasteiger partial charge in [0, 0.05) is 11.8 Å². The Morgan fingerprint density at radius 1 is 0.808 bits per heavy atom. The Labute approximate surface area is 313 Å². The van der Waals surface area contributed by atoms with E-state index in [9.17, 15) is 24.3 Å². The number of alkyl carbamates (subject to hydrolysis) is 1. The second kappa shape index (κ2) is 12.1. The van der Waals surface area contributed by atoms with Crippen molar-refractivity contribution in [3.05, 3.63) is 11.1 Å². The van der Waals surface area contributed by atoms with Gasteiger partial charge in [-0.05, 0) is 148 Å². The molecule has 10 atom stereocenters. The largest absolute Gasteiger partial charge is 0.481 e. The molecule has 0 heterocycles. The summed E-state index contributed by atoms with van der Waals surface area (Å²) >= 11 is 0. The number of carboxylic acids is 1. The number of Topliss-reactive ketones (excluding diaryl/α,β-unsaturated/α-hetero) is 1. The molecule has 8 nitrogen and oxygen atoms in total. The SMILES string of the molecule is CC(C)C1=C2[C@H]3CC[C@@H]4[C@@]5(C)CC[C@H](OC(=O)[C@H]6CC[C@@](C)(C(=O)O)C6(C)C)C(C)(C)[C@@H]5CC[C@@]4(C)[C@]3(C)CC[C@@]2(NC(=O)OC(C)(C)C)CC1=O. The highest BCUT2D eigenvalue weighted by Gasteiger charge is 2.71. The molecule has 5 fully saturated rings. The van der Waals surface area contributed by atoms with Crippen molar-refractivity contribution < 1.29 is 33.8 Å². The first-order valence-corrected chi connectivity index (χ1v) is 20.4. The molecule has 292 valence electrons. The van der Waals surface area contributed by atoms with Crippen LogP contribution in [0.25, 0.3) is 0 Å². The lowest BCUT2D eigenvalue weighted by Crippen LogP contribution is -2.67. The van der Waals surface area contributed by atoms with Gasteiger partial charge in [0.25, 0.3) is 0 Å². The third-order valence-electron chi connectivity index (χ3n) is 17.4. The lowest BCUT2D eigenvalue weighted by atomic mass is 9.33. The summed E-state index contributed by atoms with van der Waals surface area (Å²) < 4.78 is 12.3. The van der Waals surface area contributed by atoms with E-state index in [0.29, 0.717) is 31.1 Å². The zero-order chi connectivity index (χ0) is 38.8. The number of rotatable bonds is 5. The van der Waals surface area contributed by atoms with Crippen LogP contribution in [0.3, 0.4) is 0 Å². The Balaban J connectivity index is 1.27. The summed E-state index contributed by atoms with van der Waals surface area (Å²) in [4.78, 5) is 53.4. The number of allylic oxidation sites excluding steroid dienone is 1. The van der Waals surface area contributed by atoms with Crippen molar-refractivity contribution in [1.29, 1.82) is 0 Å². The van der Waals surface area contributed by atoms with E-state index in [4.69, 9.17) is 9.47 Å². The third kappa shape index (κ3) is 5.39. The van der Waals surface area contributed by atoms with Crippen LogP contribution in [0.1, 0.15) is 161 Å². The van der Waals surface area contributed by atoms with E-state index in [0.717, 1.165) is 56.9 Å². The average molecular weight is 724 g/mol. The number of nitrogens with one attached hydrogen (secondary N) is 1. The predicted octanol–water partition coefficient (Wildman–Crippen LogP) is 9.68. The van der Waals surface area contributed by atoms with Gasteiger partial charge < -0.3 is 19.9 Å². The van der Waals surface area contributed by atoms with Crippen LogP contribution in [0.4, 0.5) is 4.79 Å². The minimum Gasteiger partial charge on any atom is -0.481 e. The fourth-order valence-electron chi connectivity index (χ4n) is 14.0. The fraction of sp³-hybridized carbons (Fsp3) is 0.864. The van der Waals surface area contributed by atoms with Crippen LogP contribution in [-0.4, -0.2) is 46.2 Å². The lowest BCUT2D eigenvalue weighted by molar-refractivity contribution is -0.233. The zero-order valence-corrected chi connectivity index (χ0v) is 34.6. The van der Waals surface area contributed by atoms with Crippen molar-refractivity contribution in [3.63, 3.8) is 0 Å². The molecule has 0 aromatic rings. The van der Waals surface area contributed by atoms with Gasteiger partial charge in [0.2, 0.25) is 0 Å². The topological polar surface area (TPSA) is 119 Å². The molecule has 5 saturated carbocycles. The number of esters is 1. The van der Waals surface area contributed by atoms with E-state index in [2.05, 4.69) is 53.8 Å². The zero-order valence-electron chi connectivity index (χ0n) is 34.6. The highest BCUT2D eigenvalue weighted by atomic mass is 16.6. The summed E-state index contributed by atoms with van der Waals surface area (Å²) in [6, 6.07) is 0. The molecule has 6 aliphatic rings. The first kappa shape index (κ1) is 39.3. The molecule has 0 saturated heterocycles. The van der Waals surface area contributed by atoms with Gasteiger partial charge in [-0.2, -0.15) is 0 Å². The minimum atomic E-state index is -0.956. The molecule has 0 bridgehead atoms. The van der Waals surface area contributed by atoms with Crippen LogP contribution < -0.4 is 5.32 Å². The van der Waals surface area contributed by atoms with Crippen LogP contribution in [0, 0.1) is 62.1 Å². The van der Waals surface area contributed by atoms with E-state index in [1.54, 1.807) is 6.92 Å². The van der Waals surface area contributed by atoms with Gasteiger partial charge in [-0.25, -0.2) is 4.79 Å². The Morgan fingerprint density at radius 2 is 1.46 bits per heavy atom. The molecule has 0 aliphatic heterocycles. The number of carbonyl (C=O) groups is 4.